The van der Waals surface area contributed by atoms with Crippen LogP contribution in [0.25, 0.3) is 0 Å². The van der Waals surface area contributed by atoms with E-state index in [1.165, 1.54) is 19.3 Å². The predicted octanol–water partition coefficient (Wildman–Crippen LogP) is 2.76. The van der Waals surface area contributed by atoms with Gasteiger partial charge in [-0.25, -0.2) is 0 Å². The third-order valence-electron chi connectivity index (χ3n) is 5.02. The number of carbonyl (C=O) groups excluding carboxylic acids is 1. The summed E-state index contributed by atoms with van der Waals surface area (Å²) in [5.74, 6) is 3.36. The highest BCUT2D eigenvalue weighted by atomic mass is 16.5. The van der Waals surface area contributed by atoms with E-state index in [2.05, 4.69) is 5.32 Å². The molecule has 1 amide bonds. The summed E-state index contributed by atoms with van der Waals surface area (Å²) in [5, 5.41) is 3.08. The van der Waals surface area contributed by atoms with Crippen LogP contribution in [0.3, 0.4) is 0 Å². The van der Waals surface area contributed by atoms with E-state index in [4.69, 9.17) is 9.47 Å². The average molecular weight is 289 g/mol. The Morgan fingerprint density at radius 2 is 2.10 bits per heavy atom. The predicted molar refractivity (Wildman–Crippen MR) is 80.3 cm³/mol. The lowest BCUT2D eigenvalue weighted by Crippen LogP contribution is -2.33. The van der Waals surface area contributed by atoms with Crippen LogP contribution >= 0.6 is 0 Å². The number of carbonyl (C=O) groups is 1. The lowest BCUT2D eigenvalue weighted by molar-refractivity contribution is -0.126. The first kappa shape index (κ1) is 14.2. The standard InChI is InChI=1S/C17H23NO3/c1-20-14-6-5-13(16(9-14)21-2)10-18-17(19)15-8-11-3-4-12(15)7-11/h5-6,9,11-12,15H,3-4,7-8,10H2,1-2H3,(H,18,19). The van der Waals surface area contributed by atoms with E-state index in [0.29, 0.717) is 12.5 Å². The average Bonchev–Trinajstić information content (AvgIpc) is 3.15. The first-order valence-electron chi connectivity index (χ1n) is 7.70. The molecular formula is C17H23NO3. The van der Waals surface area contributed by atoms with Gasteiger partial charge in [0.05, 0.1) is 14.2 Å². The van der Waals surface area contributed by atoms with Crippen molar-refractivity contribution in [2.75, 3.05) is 14.2 Å². The molecule has 0 spiro atoms. The second-order valence-corrected chi connectivity index (χ2v) is 6.18. The van der Waals surface area contributed by atoms with Crippen LogP contribution in [0.5, 0.6) is 11.5 Å². The molecular weight excluding hydrogens is 266 g/mol. The van der Waals surface area contributed by atoms with E-state index in [9.17, 15) is 4.79 Å². The molecule has 114 valence electrons. The molecule has 0 radical (unpaired) electrons. The summed E-state index contributed by atoms with van der Waals surface area (Å²) in [6.45, 7) is 0.514. The molecule has 3 rings (SSSR count). The fourth-order valence-electron chi connectivity index (χ4n) is 3.88. The van der Waals surface area contributed by atoms with Crippen LogP contribution in [0.1, 0.15) is 31.2 Å². The molecule has 0 aromatic heterocycles. The Kier molecular flexibility index (Phi) is 4.04. The molecule has 2 fully saturated rings. The Labute approximate surface area is 125 Å². The van der Waals surface area contributed by atoms with Crippen molar-refractivity contribution in [1.29, 1.82) is 0 Å². The van der Waals surface area contributed by atoms with Crippen molar-refractivity contribution in [2.45, 2.75) is 32.2 Å². The van der Waals surface area contributed by atoms with Crippen molar-refractivity contribution in [1.82, 2.24) is 5.32 Å². The van der Waals surface area contributed by atoms with Gasteiger partial charge >= 0.3 is 0 Å². The van der Waals surface area contributed by atoms with Crippen molar-refractivity contribution in [2.24, 2.45) is 17.8 Å². The number of benzene rings is 1. The fourth-order valence-corrected chi connectivity index (χ4v) is 3.88. The Balaban J connectivity index is 1.61. The Bertz CT molecular complexity index is 529. The van der Waals surface area contributed by atoms with Crippen LogP contribution in [0, 0.1) is 17.8 Å². The van der Waals surface area contributed by atoms with Gasteiger partial charge in [0.2, 0.25) is 5.91 Å². The van der Waals surface area contributed by atoms with Crippen LogP contribution in [0.4, 0.5) is 0 Å². The molecule has 1 aromatic carbocycles. The molecule has 0 aliphatic heterocycles. The maximum atomic E-state index is 12.4. The van der Waals surface area contributed by atoms with Gasteiger partial charge in [0.15, 0.2) is 0 Å². The van der Waals surface area contributed by atoms with Gasteiger partial charge in [-0.1, -0.05) is 6.42 Å². The smallest absolute Gasteiger partial charge is 0.223 e. The number of ether oxygens (including phenoxy) is 2. The molecule has 1 aromatic rings. The molecule has 0 saturated heterocycles. The minimum atomic E-state index is 0.208. The van der Waals surface area contributed by atoms with E-state index in [1.54, 1.807) is 14.2 Å². The first-order chi connectivity index (χ1) is 10.2. The maximum Gasteiger partial charge on any atom is 0.223 e. The highest BCUT2D eigenvalue weighted by Gasteiger charge is 2.42. The minimum Gasteiger partial charge on any atom is -0.497 e. The van der Waals surface area contributed by atoms with Gasteiger partial charge in [0.25, 0.3) is 0 Å². The zero-order chi connectivity index (χ0) is 14.8. The summed E-state index contributed by atoms with van der Waals surface area (Å²) in [6.07, 6.45) is 4.88. The van der Waals surface area contributed by atoms with Crippen molar-refractivity contribution in [3.63, 3.8) is 0 Å². The van der Waals surface area contributed by atoms with Crippen LogP contribution in [-0.2, 0) is 11.3 Å². The zero-order valence-corrected chi connectivity index (χ0v) is 12.7. The molecule has 2 saturated carbocycles. The number of nitrogens with one attached hydrogen (secondary N) is 1. The molecule has 3 atom stereocenters. The number of methoxy groups -OCH3 is 2. The molecule has 0 heterocycles. The number of rotatable bonds is 5. The van der Waals surface area contributed by atoms with Gasteiger partial charge in [0, 0.05) is 24.1 Å². The monoisotopic (exact) mass is 289 g/mol. The summed E-state index contributed by atoms with van der Waals surface area (Å²) in [6, 6.07) is 5.68. The zero-order valence-electron chi connectivity index (χ0n) is 12.7. The molecule has 21 heavy (non-hydrogen) atoms. The summed E-state index contributed by atoms with van der Waals surface area (Å²) in [7, 11) is 3.27. The second kappa shape index (κ2) is 5.96. The molecule has 2 bridgehead atoms. The normalized spacial score (nSPS) is 26.7. The SMILES string of the molecule is COc1ccc(CNC(=O)C2CC3CCC2C3)c(OC)c1. The molecule has 2 aliphatic rings. The molecule has 2 aliphatic carbocycles. The molecule has 1 N–H and O–H groups in total. The van der Waals surface area contributed by atoms with Crippen molar-refractivity contribution < 1.29 is 14.3 Å². The quantitative estimate of drug-likeness (QED) is 0.906. The van der Waals surface area contributed by atoms with Gasteiger partial charge in [-0.05, 0) is 43.2 Å². The summed E-state index contributed by atoms with van der Waals surface area (Å²) < 4.78 is 10.5. The van der Waals surface area contributed by atoms with Crippen molar-refractivity contribution in [3.8, 4) is 11.5 Å². The lowest BCUT2D eigenvalue weighted by atomic mass is 9.88. The first-order valence-corrected chi connectivity index (χ1v) is 7.70. The van der Waals surface area contributed by atoms with Gasteiger partial charge < -0.3 is 14.8 Å². The largest absolute Gasteiger partial charge is 0.497 e. The van der Waals surface area contributed by atoms with Crippen LogP contribution in [0.15, 0.2) is 18.2 Å². The molecule has 4 heteroatoms. The Hall–Kier alpha value is -1.71. The van der Waals surface area contributed by atoms with Crippen molar-refractivity contribution >= 4 is 5.91 Å². The number of amides is 1. The summed E-state index contributed by atoms with van der Waals surface area (Å²) in [5.41, 5.74) is 0.981. The Morgan fingerprint density at radius 1 is 1.24 bits per heavy atom. The molecule has 4 nitrogen and oxygen atoms in total. The second-order valence-electron chi connectivity index (χ2n) is 6.18. The number of hydrogen-bond donors (Lipinski definition) is 1. The third kappa shape index (κ3) is 2.85. The van der Waals surface area contributed by atoms with Crippen LogP contribution in [0.2, 0.25) is 0 Å². The van der Waals surface area contributed by atoms with Crippen LogP contribution < -0.4 is 14.8 Å². The Morgan fingerprint density at radius 3 is 2.71 bits per heavy atom. The van der Waals surface area contributed by atoms with Gasteiger partial charge in [0.1, 0.15) is 11.5 Å². The number of hydrogen-bond acceptors (Lipinski definition) is 3. The third-order valence-corrected chi connectivity index (χ3v) is 5.02. The van der Waals surface area contributed by atoms with E-state index in [0.717, 1.165) is 29.4 Å². The topological polar surface area (TPSA) is 47.6 Å². The lowest BCUT2D eigenvalue weighted by Gasteiger charge is -2.21. The van der Waals surface area contributed by atoms with E-state index < -0.39 is 0 Å². The van der Waals surface area contributed by atoms with Gasteiger partial charge in [-0.3, -0.25) is 4.79 Å². The van der Waals surface area contributed by atoms with E-state index >= 15 is 0 Å². The highest BCUT2D eigenvalue weighted by molar-refractivity contribution is 5.79. The van der Waals surface area contributed by atoms with Crippen LogP contribution in [-0.4, -0.2) is 20.1 Å². The van der Waals surface area contributed by atoms with E-state index in [1.807, 2.05) is 18.2 Å². The summed E-state index contributed by atoms with van der Waals surface area (Å²) in [4.78, 5) is 12.4. The van der Waals surface area contributed by atoms with Gasteiger partial charge in [-0.2, -0.15) is 0 Å². The molecule has 3 unspecified atom stereocenters. The maximum absolute atomic E-state index is 12.4. The summed E-state index contributed by atoms with van der Waals surface area (Å²) >= 11 is 0. The minimum absolute atomic E-state index is 0.208. The highest BCUT2D eigenvalue weighted by Crippen LogP contribution is 2.48. The fraction of sp³-hybridized carbons (Fsp3) is 0.588. The van der Waals surface area contributed by atoms with E-state index in [-0.39, 0.29) is 11.8 Å². The van der Waals surface area contributed by atoms with Gasteiger partial charge in [-0.15, -0.1) is 0 Å². The number of fused-ring (bicyclic) bond motifs is 2. The van der Waals surface area contributed by atoms with Crippen molar-refractivity contribution in [3.05, 3.63) is 23.8 Å².